The fraction of sp³-hybridized carbons (Fsp3) is 0.211. The zero-order valence-electron chi connectivity index (χ0n) is 13.3. The molecule has 0 radical (unpaired) electrons. The van der Waals surface area contributed by atoms with E-state index < -0.39 is 0 Å². The van der Waals surface area contributed by atoms with Crippen LogP contribution < -0.4 is 0 Å². The van der Waals surface area contributed by atoms with Crippen molar-refractivity contribution in [2.24, 2.45) is 5.92 Å². The summed E-state index contributed by atoms with van der Waals surface area (Å²) in [5.74, 6) is 0.512. The molecule has 3 aromatic rings. The molecule has 4 heterocycles. The van der Waals surface area contributed by atoms with E-state index >= 15 is 0 Å². The maximum absolute atomic E-state index is 11.5. The van der Waals surface area contributed by atoms with Gasteiger partial charge in [-0.1, -0.05) is 12.6 Å². The average molecular weight is 318 g/mol. The summed E-state index contributed by atoms with van der Waals surface area (Å²) in [6.07, 6.45) is 9.84. The zero-order valence-corrected chi connectivity index (χ0v) is 13.3. The van der Waals surface area contributed by atoms with E-state index in [-0.39, 0.29) is 5.91 Å². The van der Waals surface area contributed by atoms with Crippen molar-refractivity contribution in [2.45, 2.75) is 6.42 Å². The highest BCUT2D eigenvalue weighted by molar-refractivity contribution is 5.93. The van der Waals surface area contributed by atoms with Gasteiger partial charge in [0.2, 0.25) is 5.91 Å². The van der Waals surface area contributed by atoms with E-state index in [1.807, 2.05) is 35.6 Å². The number of amides is 1. The van der Waals surface area contributed by atoms with Crippen molar-refractivity contribution in [3.63, 3.8) is 0 Å². The van der Waals surface area contributed by atoms with Crippen LogP contribution >= 0.6 is 0 Å². The van der Waals surface area contributed by atoms with Gasteiger partial charge in [-0.05, 0) is 36.1 Å². The first kappa shape index (κ1) is 14.6. The molecular weight excluding hydrogens is 300 g/mol. The first-order chi connectivity index (χ1) is 11.7. The van der Waals surface area contributed by atoms with Crippen LogP contribution in [0, 0.1) is 5.92 Å². The van der Waals surface area contributed by atoms with Crippen LogP contribution in [-0.2, 0) is 11.2 Å². The molecule has 1 amide bonds. The van der Waals surface area contributed by atoms with Gasteiger partial charge in [0.15, 0.2) is 0 Å². The number of aromatic nitrogens is 3. The van der Waals surface area contributed by atoms with Crippen molar-refractivity contribution in [1.29, 1.82) is 0 Å². The van der Waals surface area contributed by atoms with Crippen molar-refractivity contribution >= 4 is 16.9 Å². The molecule has 0 aromatic carbocycles. The molecule has 5 heteroatoms. The van der Waals surface area contributed by atoms with Crippen LogP contribution in [0.3, 0.4) is 0 Å². The van der Waals surface area contributed by atoms with Crippen LogP contribution in [0.15, 0.2) is 55.6 Å². The van der Waals surface area contributed by atoms with E-state index in [1.165, 1.54) is 11.6 Å². The predicted octanol–water partition coefficient (Wildman–Crippen LogP) is 2.81. The van der Waals surface area contributed by atoms with Crippen LogP contribution in [0.4, 0.5) is 0 Å². The molecule has 1 saturated heterocycles. The summed E-state index contributed by atoms with van der Waals surface area (Å²) in [4.78, 5) is 25.3. The van der Waals surface area contributed by atoms with Crippen molar-refractivity contribution < 1.29 is 4.79 Å². The van der Waals surface area contributed by atoms with Gasteiger partial charge in [-0.2, -0.15) is 0 Å². The van der Waals surface area contributed by atoms with Crippen LogP contribution in [0.5, 0.6) is 0 Å². The predicted molar refractivity (Wildman–Crippen MR) is 93.3 cm³/mol. The van der Waals surface area contributed by atoms with Gasteiger partial charge in [0.1, 0.15) is 5.65 Å². The first-order valence-corrected chi connectivity index (χ1v) is 8.02. The van der Waals surface area contributed by atoms with Gasteiger partial charge in [0, 0.05) is 54.4 Å². The van der Waals surface area contributed by atoms with Gasteiger partial charge >= 0.3 is 0 Å². The largest absolute Gasteiger partial charge is 0.346 e. The molecule has 0 spiro atoms. The highest BCUT2D eigenvalue weighted by atomic mass is 16.2. The number of nitrogens with one attached hydrogen (secondary N) is 1. The third-order valence-corrected chi connectivity index (χ3v) is 4.53. The number of aromatic amines is 1. The fourth-order valence-electron chi connectivity index (χ4n) is 3.26. The lowest BCUT2D eigenvalue weighted by atomic mass is 9.92. The molecular formula is C19H18N4O. The number of nitrogens with zero attached hydrogens (tertiary/aromatic N) is 3. The normalized spacial score (nSPS) is 14.6. The van der Waals surface area contributed by atoms with Gasteiger partial charge in [0.25, 0.3) is 0 Å². The van der Waals surface area contributed by atoms with Crippen LogP contribution in [0.25, 0.3) is 22.2 Å². The molecule has 0 atom stereocenters. The van der Waals surface area contributed by atoms with Crippen LogP contribution in [0.1, 0.15) is 5.56 Å². The maximum Gasteiger partial charge on any atom is 0.245 e. The Labute approximate surface area is 140 Å². The van der Waals surface area contributed by atoms with E-state index in [4.69, 9.17) is 0 Å². The first-order valence-electron chi connectivity index (χ1n) is 8.02. The number of hydrogen-bond donors (Lipinski definition) is 1. The summed E-state index contributed by atoms with van der Waals surface area (Å²) in [7, 11) is 0. The standard InChI is InChI=1S/C19H18N4O/c1-2-18(24)23-11-14(12-23)6-13-7-16-17(10-22-19(16)21-8-13)15-4-3-5-20-9-15/h2-5,7-10,14H,1,6,11-12H2,(H,21,22). The van der Waals surface area contributed by atoms with Gasteiger partial charge in [-0.25, -0.2) is 4.98 Å². The van der Waals surface area contributed by atoms with E-state index in [0.717, 1.165) is 41.7 Å². The monoisotopic (exact) mass is 318 g/mol. The van der Waals surface area contributed by atoms with Crippen molar-refractivity contribution in [1.82, 2.24) is 19.9 Å². The van der Waals surface area contributed by atoms with Gasteiger partial charge < -0.3 is 9.88 Å². The summed E-state index contributed by atoms with van der Waals surface area (Å²) in [6, 6.07) is 6.18. The summed E-state index contributed by atoms with van der Waals surface area (Å²) in [5, 5.41) is 1.11. The molecule has 1 N–H and O–H groups in total. The lowest BCUT2D eigenvalue weighted by molar-refractivity contribution is -0.132. The summed E-state index contributed by atoms with van der Waals surface area (Å²) < 4.78 is 0. The lowest BCUT2D eigenvalue weighted by Crippen LogP contribution is -2.50. The Morgan fingerprint density at radius 2 is 2.29 bits per heavy atom. The summed E-state index contributed by atoms with van der Waals surface area (Å²) >= 11 is 0. The van der Waals surface area contributed by atoms with Gasteiger partial charge in [-0.3, -0.25) is 9.78 Å². The molecule has 0 aliphatic carbocycles. The molecule has 0 bridgehead atoms. The highest BCUT2D eigenvalue weighted by Gasteiger charge is 2.29. The molecule has 5 nitrogen and oxygen atoms in total. The SMILES string of the molecule is C=CC(=O)N1CC(Cc2cnc3[nH]cc(-c4cccnc4)c3c2)C1. The number of carbonyl (C=O) groups is 1. The Bertz CT molecular complexity index is 894. The Balaban J connectivity index is 1.55. The average Bonchev–Trinajstić information content (AvgIpc) is 3.01. The number of H-pyrrole nitrogens is 1. The van der Waals surface area contributed by atoms with Gasteiger partial charge in [-0.15, -0.1) is 0 Å². The van der Waals surface area contributed by atoms with E-state index in [0.29, 0.717) is 5.92 Å². The number of likely N-dealkylation sites (tertiary alicyclic amines) is 1. The van der Waals surface area contributed by atoms with Crippen LogP contribution in [0.2, 0.25) is 0 Å². The third-order valence-electron chi connectivity index (χ3n) is 4.53. The molecule has 24 heavy (non-hydrogen) atoms. The zero-order chi connectivity index (χ0) is 16.5. The molecule has 1 aliphatic heterocycles. The van der Waals surface area contributed by atoms with Crippen molar-refractivity contribution in [2.75, 3.05) is 13.1 Å². The second-order valence-corrected chi connectivity index (χ2v) is 6.20. The molecule has 1 fully saturated rings. The Morgan fingerprint density at radius 3 is 3.04 bits per heavy atom. The maximum atomic E-state index is 11.5. The number of hydrogen-bond acceptors (Lipinski definition) is 3. The minimum Gasteiger partial charge on any atom is -0.346 e. The Kier molecular flexibility index (Phi) is 3.61. The number of carbonyl (C=O) groups excluding carboxylic acids is 1. The summed E-state index contributed by atoms with van der Waals surface area (Å²) in [6.45, 7) is 5.12. The van der Waals surface area contributed by atoms with Crippen molar-refractivity contribution in [3.05, 3.63) is 61.2 Å². The van der Waals surface area contributed by atoms with E-state index in [1.54, 1.807) is 6.20 Å². The molecule has 1 aliphatic rings. The minimum atomic E-state index is 0.0179. The molecule has 4 rings (SSSR count). The number of rotatable bonds is 4. The van der Waals surface area contributed by atoms with Crippen molar-refractivity contribution in [3.8, 4) is 11.1 Å². The Morgan fingerprint density at radius 1 is 1.42 bits per heavy atom. The second-order valence-electron chi connectivity index (χ2n) is 6.20. The fourth-order valence-corrected chi connectivity index (χ4v) is 3.26. The van der Waals surface area contributed by atoms with E-state index in [2.05, 4.69) is 27.6 Å². The minimum absolute atomic E-state index is 0.0179. The van der Waals surface area contributed by atoms with Crippen LogP contribution in [-0.4, -0.2) is 38.8 Å². The molecule has 0 unspecified atom stereocenters. The second kappa shape index (κ2) is 5.92. The topological polar surface area (TPSA) is 61.9 Å². The highest BCUT2D eigenvalue weighted by Crippen LogP contribution is 2.29. The number of fused-ring (bicyclic) bond motifs is 1. The van der Waals surface area contributed by atoms with Gasteiger partial charge in [0.05, 0.1) is 0 Å². The smallest absolute Gasteiger partial charge is 0.245 e. The molecule has 0 saturated carbocycles. The lowest BCUT2D eigenvalue weighted by Gasteiger charge is -2.38. The third kappa shape index (κ3) is 2.58. The quantitative estimate of drug-likeness (QED) is 0.752. The summed E-state index contributed by atoms with van der Waals surface area (Å²) in [5.41, 5.74) is 4.27. The molecule has 3 aromatic heterocycles. The number of pyridine rings is 2. The molecule has 120 valence electrons. The Hall–Kier alpha value is -2.95. The van der Waals surface area contributed by atoms with E-state index in [9.17, 15) is 4.79 Å².